The van der Waals surface area contributed by atoms with E-state index in [1.165, 1.54) is 0 Å². The molecule has 2 aromatic carbocycles. The van der Waals surface area contributed by atoms with Gasteiger partial charge in [0, 0.05) is 19.3 Å². The van der Waals surface area contributed by atoms with Crippen molar-refractivity contribution in [2.45, 2.75) is 6.92 Å². The minimum atomic E-state index is -0.101. The topological polar surface area (TPSA) is 68.8 Å². The van der Waals surface area contributed by atoms with E-state index in [4.69, 9.17) is 14.2 Å². The fourth-order valence-electron chi connectivity index (χ4n) is 2.09. The number of hydrogen-bond donors (Lipinski definition) is 2. The number of rotatable bonds is 10. The lowest BCUT2D eigenvalue weighted by Crippen LogP contribution is -2.30. The van der Waals surface area contributed by atoms with Gasteiger partial charge in [-0.3, -0.25) is 4.79 Å². The highest BCUT2D eigenvalue weighted by atomic mass is 16.5. The predicted molar refractivity (Wildman–Crippen MR) is 97.5 cm³/mol. The molecule has 0 aliphatic rings. The summed E-state index contributed by atoms with van der Waals surface area (Å²) in [4.78, 5) is 11.8. The Morgan fingerprint density at radius 1 is 0.960 bits per heavy atom. The molecule has 0 heterocycles. The smallest absolute Gasteiger partial charge is 0.238 e. The summed E-state index contributed by atoms with van der Waals surface area (Å²) in [6, 6.07) is 14.7. The van der Waals surface area contributed by atoms with Crippen molar-refractivity contribution in [1.29, 1.82) is 0 Å². The maximum Gasteiger partial charge on any atom is 0.238 e. The van der Waals surface area contributed by atoms with E-state index in [0.717, 1.165) is 17.2 Å². The molecule has 0 radical (unpaired) electrons. The van der Waals surface area contributed by atoms with Gasteiger partial charge in [-0.05, 0) is 55.5 Å². The van der Waals surface area contributed by atoms with Crippen LogP contribution in [0.15, 0.2) is 48.5 Å². The maximum absolute atomic E-state index is 11.8. The summed E-state index contributed by atoms with van der Waals surface area (Å²) in [5, 5.41) is 5.81. The molecular weight excluding hydrogens is 320 g/mol. The Morgan fingerprint density at radius 3 is 2.16 bits per heavy atom. The second-order valence-corrected chi connectivity index (χ2v) is 5.25. The highest BCUT2D eigenvalue weighted by molar-refractivity contribution is 5.92. The van der Waals surface area contributed by atoms with Gasteiger partial charge in [0.2, 0.25) is 5.91 Å². The minimum absolute atomic E-state index is 0.101. The molecule has 0 aliphatic heterocycles. The fourth-order valence-corrected chi connectivity index (χ4v) is 2.09. The number of benzene rings is 2. The Kier molecular flexibility index (Phi) is 7.75. The first-order chi connectivity index (χ1) is 12.2. The van der Waals surface area contributed by atoms with Gasteiger partial charge in [-0.25, -0.2) is 0 Å². The number of carbonyl (C=O) groups excluding carboxylic acids is 1. The lowest BCUT2D eigenvalue weighted by molar-refractivity contribution is -0.115. The number of methoxy groups -OCH3 is 1. The van der Waals surface area contributed by atoms with Crippen molar-refractivity contribution in [2.24, 2.45) is 0 Å². The van der Waals surface area contributed by atoms with E-state index >= 15 is 0 Å². The first kappa shape index (κ1) is 18.8. The van der Waals surface area contributed by atoms with Crippen molar-refractivity contribution in [3.63, 3.8) is 0 Å². The monoisotopic (exact) mass is 344 g/mol. The number of carbonyl (C=O) groups is 1. The van der Waals surface area contributed by atoms with Crippen molar-refractivity contribution >= 4 is 11.6 Å². The van der Waals surface area contributed by atoms with Crippen LogP contribution in [0, 0.1) is 0 Å². The molecule has 0 fully saturated rings. The second-order valence-electron chi connectivity index (χ2n) is 5.25. The lowest BCUT2D eigenvalue weighted by Gasteiger charge is -2.09. The van der Waals surface area contributed by atoms with Crippen LogP contribution in [0.4, 0.5) is 5.69 Å². The molecule has 0 unspecified atom stereocenters. The van der Waals surface area contributed by atoms with Gasteiger partial charge in [0.15, 0.2) is 0 Å². The van der Waals surface area contributed by atoms with E-state index in [-0.39, 0.29) is 12.5 Å². The van der Waals surface area contributed by atoms with Gasteiger partial charge in [-0.2, -0.15) is 0 Å². The van der Waals surface area contributed by atoms with E-state index in [0.29, 0.717) is 25.5 Å². The molecule has 134 valence electrons. The third kappa shape index (κ3) is 6.82. The molecule has 25 heavy (non-hydrogen) atoms. The van der Waals surface area contributed by atoms with Gasteiger partial charge in [-0.15, -0.1) is 0 Å². The van der Waals surface area contributed by atoms with Crippen LogP contribution in [0.5, 0.6) is 17.2 Å². The Labute approximate surface area is 148 Å². The fraction of sp³-hybridized carbons (Fsp3) is 0.316. The van der Waals surface area contributed by atoms with Gasteiger partial charge in [0.1, 0.15) is 17.2 Å². The number of amides is 1. The number of anilines is 1. The van der Waals surface area contributed by atoms with Crippen molar-refractivity contribution in [3.8, 4) is 17.2 Å². The van der Waals surface area contributed by atoms with Crippen molar-refractivity contribution in [2.75, 3.05) is 38.7 Å². The van der Waals surface area contributed by atoms with E-state index < -0.39 is 0 Å². The summed E-state index contributed by atoms with van der Waals surface area (Å²) in [5.41, 5.74) is 0.720. The van der Waals surface area contributed by atoms with Crippen LogP contribution in [0.25, 0.3) is 0 Å². The van der Waals surface area contributed by atoms with Gasteiger partial charge < -0.3 is 24.8 Å². The van der Waals surface area contributed by atoms with Crippen LogP contribution in [-0.2, 0) is 9.53 Å². The molecule has 2 rings (SSSR count). The molecule has 1 amide bonds. The molecule has 0 atom stereocenters. The molecule has 2 aromatic rings. The zero-order valence-corrected chi connectivity index (χ0v) is 14.6. The summed E-state index contributed by atoms with van der Waals surface area (Å²) >= 11 is 0. The van der Waals surface area contributed by atoms with Gasteiger partial charge in [0.05, 0.1) is 19.8 Å². The summed E-state index contributed by atoms with van der Waals surface area (Å²) in [5.74, 6) is 2.13. The number of hydrogen-bond acceptors (Lipinski definition) is 5. The zero-order chi connectivity index (χ0) is 17.9. The largest absolute Gasteiger partial charge is 0.494 e. The first-order valence-electron chi connectivity index (χ1n) is 8.21. The SMILES string of the molecule is CCOc1ccc(Oc2ccc(NC(=O)CNCCOC)cc2)cc1. The summed E-state index contributed by atoms with van der Waals surface area (Å²) in [6.45, 7) is 4.03. The predicted octanol–water partition coefficient (Wildman–Crippen LogP) is 3.05. The zero-order valence-electron chi connectivity index (χ0n) is 14.6. The Bertz CT molecular complexity index is 641. The number of ether oxygens (including phenoxy) is 3. The Morgan fingerprint density at radius 2 is 1.56 bits per heavy atom. The third-order valence-electron chi connectivity index (χ3n) is 3.28. The molecule has 0 saturated heterocycles. The molecular formula is C19H24N2O4. The molecule has 0 aromatic heterocycles. The lowest BCUT2D eigenvalue weighted by atomic mass is 10.3. The normalized spacial score (nSPS) is 10.3. The van der Waals surface area contributed by atoms with E-state index in [2.05, 4.69) is 10.6 Å². The van der Waals surface area contributed by atoms with Crippen LogP contribution >= 0.6 is 0 Å². The van der Waals surface area contributed by atoms with Crippen LogP contribution in [0.1, 0.15) is 6.92 Å². The van der Waals surface area contributed by atoms with Gasteiger partial charge in [0.25, 0.3) is 0 Å². The Balaban J connectivity index is 1.81. The summed E-state index contributed by atoms with van der Waals surface area (Å²) in [6.07, 6.45) is 0. The van der Waals surface area contributed by atoms with Gasteiger partial charge in [-0.1, -0.05) is 0 Å². The first-order valence-corrected chi connectivity index (χ1v) is 8.21. The van der Waals surface area contributed by atoms with Crippen molar-refractivity contribution < 1.29 is 19.0 Å². The third-order valence-corrected chi connectivity index (χ3v) is 3.28. The standard InChI is InChI=1S/C19H24N2O4/c1-3-24-16-8-10-18(11-9-16)25-17-6-4-15(5-7-17)21-19(22)14-20-12-13-23-2/h4-11,20H,3,12-14H2,1-2H3,(H,21,22). The average molecular weight is 344 g/mol. The van der Waals surface area contributed by atoms with E-state index in [1.807, 2.05) is 43.3 Å². The second kappa shape index (κ2) is 10.3. The summed E-state index contributed by atoms with van der Waals surface area (Å²) < 4.78 is 16.1. The van der Waals surface area contributed by atoms with Crippen molar-refractivity contribution in [3.05, 3.63) is 48.5 Å². The molecule has 2 N–H and O–H groups in total. The van der Waals surface area contributed by atoms with Crippen LogP contribution < -0.4 is 20.1 Å². The molecule has 0 bridgehead atoms. The van der Waals surface area contributed by atoms with Crippen LogP contribution in [-0.4, -0.2) is 39.3 Å². The molecule has 0 spiro atoms. The Hall–Kier alpha value is -2.57. The quantitative estimate of drug-likeness (QED) is 0.648. The molecule has 6 nitrogen and oxygen atoms in total. The maximum atomic E-state index is 11.8. The van der Waals surface area contributed by atoms with E-state index in [9.17, 15) is 4.79 Å². The molecule has 0 saturated carbocycles. The van der Waals surface area contributed by atoms with Gasteiger partial charge >= 0.3 is 0 Å². The van der Waals surface area contributed by atoms with Crippen LogP contribution in [0.2, 0.25) is 0 Å². The minimum Gasteiger partial charge on any atom is -0.494 e. The highest BCUT2D eigenvalue weighted by Gasteiger charge is 2.03. The molecule has 6 heteroatoms. The highest BCUT2D eigenvalue weighted by Crippen LogP contribution is 2.25. The van der Waals surface area contributed by atoms with Crippen molar-refractivity contribution in [1.82, 2.24) is 5.32 Å². The number of nitrogens with one attached hydrogen (secondary N) is 2. The van der Waals surface area contributed by atoms with Crippen LogP contribution in [0.3, 0.4) is 0 Å². The van der Waals surface area contributed by atoms with E-state index in [1.54, 1.807) is 19.2 Å². The average Bonchev–Trinajstić information content (AvgIpc) is 2.62. The summed E-state index contributed by atoms with van der Waals surface area (Å²) in [7, 11) is 1.62. The molecule has 0 aliphatic carbocycles.